The zero-order chi connectivity index (χ0) is 25.8. The molecule has 37 heavy (non-hydrogen) atoms. The van der Waals surface area contributed by atoms with Gasteiger partial charge in [-0.05, 0) is 80.9 Å². The Hall–Kier alpha value is -3.43. The molecule has 10 heteroatoms. The van der Waals surface area contributed by atoms with Crippen LogP contribution in [0.3, 0.4) is 0 Å². The van der Waals surface area contributed by atoms with E-state index in [1.54, 1.807) is 19.3 Å². The molecule has 0 radical (unpaired) electrons. The van der Waals surface area contributed by atoms with Gasteiger partial charge in [0.05, 0.1) is 19.0 Å². The lowest BCUT2D eigenvalue weighted by Crippen LogP contribution is -2.32. The minimum absolute atomic E-state index is 0.199. The first-order valence-corrected chi connectivity index (χ1v) is 13.1. The summed E-state index contributed by atoms with van der Waals surface area (Å²) in [7, 11) is 3.01. The van der Waals surface area contributed by atoms with Gasteiger partial charge in [0.1, 0.15) is 10.6 Å². The van der Waals surface area contributed by atoms with Gasteiger partial charge >= 0.3 is 0 Å². The van der Waals surface area contributed by atoms with Crippen LogP contribution < -0.4 is 20.7 Å². The predicted octanol–water partition coefficient (Wildman–Crippen LogP) is 4.72. The second kappa shape index (κ2) is 11.3. The van der Waals surface area contributed by atoms with Crippen LogP contribution in [0.5, 0.6) is 5.88 Å². The number of amides is 1. The second-order valence-electron chi connectivity index (χ2n) is 9.42. The quantitative estimate of drug-likeness (QED) is 0.383. The van der Waals surface area contributed by atoms with Crippen LogP contribution in [-0.4, -0.2) is 59.0 Å². The summed E-state index contributed by atoms with van der Waals surface area (Å²) in [4.78, 5) is 28.2. The summed E-state index contributed by atoms with van der Waals surface area (Å²) in [6.45, 7) is 2.49. The van der Waals surface area contributed by atoms with E-state index in [0.29, 0.717) is 28.5 Å². The molecule has 3 aromatic rings. The maximum Gasteiger partial charge on any atom is 0.258 e. The van der Waals surface area contributed by atoms with Crippen LogP contribution in [0.4, 0.5) is 23.1 Å². The molecule has 5 rings (SSSR count). The van der Waals surface area contributed by atoms with Crippen LogP contribution in [0.25, 0.3) is 0 Å². The molecule has 0 saturated carbocycles. The van der Waals surface area contributed by atoms with Crippen molar-refractivity contribution >= 4 is 40.6 Å². The van der Waals surface area contributed by atoms with Crippen LogP contribution in [-0.2, 0) is 12.8 Å². The van der Waals surface area contributed by atoms with Gasteiger partial charge in [-0.1, -0.05) is 17.7 Å². The number of aromatic nitrogens is 3. The third-order valence-corrected chi connectivity index (χ3v) is 7.45. The van der Waals surface area contributed by atoms with Crippen molar-refractivity contribution in [2.45, 2.75) is 44.6 Å². The Bertz CT molecular complexity index is 1280. The van der Waals surface area contributed by atoms with E-state index in [0.717, 1.165) is 18.5 Å². The van der Waals surface area contributed by atoms with Crippen molar-refractivity contribution in [2.24, 2.45) is 0 Å². The molecule has 2 aliphatic rings. The largest absolute Gasteiger partial charge is 0.480 e. The molecule has 3 heterocycles. The average molecular weight is 522 g/mol. The standard InChI is InChI=1S/C27H32ClN7O2/c1-29-25(36)23-22(11-12-30-26(23)37-2)33-24-21(28)16-31-27(34-24)32-19-8-5-17-6-9-20(10-7-18(17)15-19)35-13-3-4-14-35/h5,8,11-12,15-16,20H,3-4,6-7,9-10,13-14H2,1-2H3,(H,29,36)(H2,30,31,32,33,34). The number of anilines is 4. The number of ether oxygens (including phenoxy) is 1. The summed E-state index contributed by atoms with van der Waals surface area (Å²) in [5.74, 6) is 0.622. The number of carbonyl (C=O) groups is 1. The highest BCUT2D eigenvalue weighted by Crippen LogP contribution is 2.31. The van der Waals surface area contributed by atoms with Crippen molar-refractivity contribution in [3.05, 3.63) is 58.4 Å². The highest BCUT2D eigenvalue weighted by atomic mass is 35.5. The minimum Gasteiger partial charge on any atom is -0.480 e. The van der Waals surface area contributed by atoms with Gasteiger partial charge < -0.3 is 25.6 Å². The Morgan fingerprint density at radius 1 is 1.08 bits per heavy atom. The molecule has 9 nitrogen and oxygen atoms in total. The lowest BCUT2D eigenvalue weighted by Gasteiger charge is -2.25. The Morgan fingerprint density at radius 3 is 2.62 bits per heavy atom. The summed E-state index contributed by atoms with van der Waals surface area (Å²) in [5.41, 5.74) is 4.48. The number of benzene rings is 1. The molecule has 1 fully saturated rings. The van der Waals surface area contributed by atoms with E-state index in [2.05, 4.69) is 54.0 Å². The highest BCUT2D eigenvalue weighted by Gasteiger charge is 2.24. The number of carbonyl (C=O) groups excluding carboxylic acids is 1. The lowest BCUT2D eigenvalue weighted by molar-refractivity contribution is 0.0960. The van der Waals surface area contributed by atoms with Crippen LogP contribution in [0.1, 0.15) is 47.2 Å². The number of rotatable bonds is 7. The summed E-state index contributed by atoms with van der Waals surface area (Å²) >= 11 is 6.40. The number of fused-ring (bicyclic) bond motifs is 1. The van der Waals surface area contributed by atoms with E-state index in [-0.39, 0.29) is 17.4 Å². The van der Waals surface area contributed by atoms with Gasteiger partial charge in [-0.3, -0.25) is 4.79 Å². The van der Waals surface area contributed by atoms with Crippen molar-refractivity contribution in [3.8, 4) is 5.88 Å². The number of pyridine rings is 1. The van der Waals surface area contributed by atoms with E-state index in [9.17, 15) is 4.79 Å². The molecule has 2 aromatic heterocycles. The molecule has 3 N–H and O–H groups in total. The Labute approximate surface area is 222 Å². The molecule has 1 amide bonds. The van der Waals surface area contributed by atoms with Crippen molar-refractivity contribution in [1.82, 2.24) is 25.2 Å². The molecule has 1 saturated heterocycles. The normalized spacial score (nSPS) is 17.5. The van der Waals surface area contributed by atoms with Crippen molar-refractivity contribution in [2.75, 3.05) is 37.9 Å². The van der Waals surface area contributed by atoms with Gasteiger partial charge in [-0.15, -0.1) is 0 Å². The van der Waals surface area contributed by atoms with Gasteiger partial charge in [0.2, 0.25) is 11.8 Å². The fourth-order valence-electron chi connectivity index (χ4n) is 5.26. The Kier molecular flexibility index (Phi) is 7.71. The molecule has 1 atom stereocenters. The van der Waals surface area contributed by atoms with Crippen molar-refractivity contribution in [3.63, 3.8) is 0 Å². The molecule has 1 unspecified atom stereocenters. The highest BCUT2D eigenvalue weighted by molar-refractivity contribution is 6.33. The number of hydrogen-bond acceptors (Lipinski definition) is 8. The zero-order valence-corrected chi connectivity index (χ0v) is 21.9. The summed E-state index contributed by atoms with van der Waals surface area (Å²) in [6.07, 6.45) is 10.4. The molecular weight excluding hydrogens is 490 g/mol. The van der Waals surface area contributed by atoms with Crippen LogP contribution in [0.15, 0.2) is 36.7 Å². The van der Waals surface area contributed by atoms with Crippen molar-refractivity contribution < 1.29 is 9.53 Å². The number of hydrogen-bond donors (Lipinski definition) is 3. The number of nitrogens with one attached hydrogen (secondary N) is 3. The molecule has 0 bridgehead atoms. The van der Waals surface area contributed by atoms with E-state index >= 15 is 0 Å². The van der Waals surface area contributed by atoms with Gasteiger partial charge in [0.25, 0.3) is 5.91 Å². The van der Waals surface area contributed by atoms with Crippen LogP contribution in [0.2, 0.25) is 5.02 Å². The molecular formula is C27H32ClN7O2. The van der Waals surface area contributed by atoms with E-state index in [1.165, 1.54) is 63.2 Å². The Morgan fingerprint density at radius 2 is 1.86 bits per heavy atom. The van der Waals surface area contributed by atoms with Crippen LogP contribution in [0, 0.1) is 0 Å². The summed E-state index contributed by atoms with van der Waals surface area (Å²) in [5, 5.41) is 9.38. The first-order chi connectivity index (χ1) is 18.1. The predicted molar refractivity (Wildman–Crippen MR) is 145 cm³/mol. The first-order valence-electron chi connectivity index (χ1n) is 12.7. The number of nitrogens with zero attached hydrogens (tertiary/aromatic N) is 4. The second-order valence-corrected chi connectivity index (χ2v) is 9.83. The summed E-state index contributed by atoms with van der Waals surface area (Å²) in [6, 6.07) is 8.87. The lowest BCUT2D eigenvalue weighted by atomic mass is 10.0. The Balaban J connectivity index is 1.34. The minimum atomic E-state index is -0.340. The monoisotopic (exact) mass is 521 g/mol. The fourth-order valence-corrected chi connectivity index (χ4v) is 5.40. The number of methoxy groups -OCH3 is 1. The zero-order valence-electron chi connectivity index (χ0n) is 21.2. The van der Waals surface area contributed by atoms with E-state index in [4.69, 9.17) is 16.3 Å². The molecule has 194 valence electrons. The smallest absolute Gasteiger partial charge is 0.258 e. The maximum absolute atomic E-state index is 12.5. The molecule has 1 aromatic carbocycles. The SMILES string of the molecule is CNC(=O)c1c(Nc2nc(Nc3ccc4c(c3)CCC(N3CCCC3)CC4)ncc2Cl)ccnc1OC. The maximum atomic E-state index is 12.5. The van der Waals surface area contributed by atoms with E-state index < -0.39 is 0 Å². The summed E-state index contributed by atoms with van der Waals surface area (Å²) < 4.78 is 5.28. The molecule has 0 spiro atoms. The topological polar surface area (TPSA) is 104 Å². The van der Waals surface area contributed by atoms with Gasteiger partial charge in [-0.25, -0.2) is 9.97 Å². The molecule has 1 aliphatic carbocycles. The first kappa shape index (κ1) is 25.2. The van der Waals surface area contributed by atoms with Gasteiger partial charge in [-0.2, -0.15) is 4.98 Å². The van der Waals surface area contributed by atoms with Crippen LogP contribution >= 0.6 is 11.6 Å². The van der Waals surface area contributed by atoms with Crippen molar-refractivity contribution in [1.29, 1.82) is 0 Å². The number of likely N-dealkylation sites (tertiary alicyclic amines) is 1. The van der Waals surface area contributed by atoms with Gasteiger partial charge in [0, 0.05) is 25.0 Å². The third kappa shape index (κ3) is 5.62. The third-order valence-electron chi connectivity index (χ3n) is 7.17. The fraction of sp³-hybridized carbons (Fsp3) is 0.407. The molecule has 1 aliphatic heterocycles. The van der Waals surface area contributed by atoms with E-state index in [1.807, 2.05) is 0 Å². The number of aryl methyl sites for hydroxylation is 2. The average Bonchev–Trinajstić information content (AvgIpc) is 3.37. The van der Waals surface area contributed by atoms with Gasteiger partial charge in [0.15, 0.2) is 5.82 Å². The number of halogens is 1.